The SMILES string of the molecule is COc1cc2c(cc1OC)C(c1cccs1)N(C(=O)C1CCNCC1)CC2. The van der Waals surface area contributed by atoms with Crippen molar-refractivity contribution in [3.8, 4) is 11.5 Å². The first-order chi connectivity index (χ1) is 13.2. The number of thiophene rings is 1. The first kappa shape index (κ1) is 18.3. The van der Waals surface area contributed by atoms with Crippen LogP contribution in [0.2, 0.25) is 0 Å². The molecule has 0 saturated carbocycles. The second-order valence-electron chi connectivity index (χ2n) is 7.13. The molecule has 1 aromatic heterocycles. The first-order valence-electron chi connectivity index (χ1n) is 9.52. The molecule has 2 aromatic rings. The predicted molar refractivity (Wildman–Crippen MR) is 107 cm³/mol. The number of nitrogens with zero attached hydrogens (tertiary/aromatic N) is 1. The molecule has 1 amide bonds. The number of carbonyl (C=O) groups is 1. The van der Waals surface area contributed by atoms with Crippen molar-refractivity contribution in [1.82, 2.24) is 10.2 Å². The van der Waals surface area contributed by atoms with Crippen molar-refractivity contribution in [2.24, 2.45) is 5.92 Å². The van der Waals surface area contributed by atoms with E-state index < -0.39 is 0 Å². The van der Waals surface area contributed by atoms with Crippen LogP contribution in [-0.2, 0) is 11.2 Å². The highest BCUT2D eigenvalue weighted by atomic mass is 32.1. The number of ether oxygens (including phenoxy) is 2. The van der Waals surface area contributed by atoms with Crippen LogP contribution in [0.15, 0.2) is 29.6 Å². The number of carbonyl (C=O) groups excluding carboxylic acids is 1. The number of benzene rings is 1. The van der Waals surface area contributed by atoms with E-state index in [1.807, 2.05) is 0 Å². The molecule has 1 atom stereocenters. The third-order valence-electron chi connectivity index (χ3n) is 5.66. The molecule has 144 valence electrons. The summed E-state index contributed by atoms with van der Waals surface area (Å²) in [5.41, 5.74) is 2.39. The van der Waals surface area contributed by atoms with E-state index in [1.165, 1.54) is 10.4 Å². The van der Waals surface area contributed by atoms with Gasteiger partial charge in [0.1, 0.15) is 0 Å². The molecule has 1 unspecified atom stereocenters. The summed E-state index contributed by atoms with van der Waals surface area (Å²) in [5.74, 6) is 1.87. The van der Waals surface area contributed by atoms with Crippen molar-refractivity contribution in [2.45, 2.75) is 25.3 Å². The lowest BCUT2D eigenvalue weighted by Crippen LogP contribution is -2.45. The van der Waals surface area contributed by atoms with Crippen LogP contribution in [0.1, 0.15) is 34.9 Å². The second-order valence-corrected chi connectivity index (χ2v) is 8.11. The Bertz CT molecular complexity index is 800. The minimum absolute atomic E-state index is 0.0454. The van der Waals surface area contributed by atoms with Gasteiger partial charge in [-0.25, -0.2) is 0 Å². The molecule has 6 heteroatoms. The molecule has 3 heterocycles. The van der Waals surface area contributed by atoms with Crippen molar-refractivity contribution < 1.29 is 14.3 Å². The summed E-state index contributed by atoms with van der Waals surface area (Å²) >= 11 is 1.71. The zero-order valence-corrected chi connectivity index (χ0v) is 16.7. The number of methoxy groups -OCH3 is 2. The van der Waals surface area contributed by atoms with E-state index in [0.29, 0.717) is 5.75 Å². The number of hydrogen-bond acceptors (Lipinski definition) is 5. The number of nitrogens with one attached hydrogen (secondary N) is 1. The summed E-state index contributed by atoms with van der Waals surface area (Å²) < 4.78 is 11.0. The van der Waals surface area contributed by atoms with Gasteiger partial charge in [-0.1, -0.05) is 6.07 Å². The maximum Gasteiger partial charge on any atom is 0.226 e. The minimum atomic E-state index is -0.0454. The van der Waals surface area contributed by atoms with E-state index >= 15 is 0 Å². The van der Waals surface area contributed by atoms with E-state index in [1.54, 1.807) is 25.6 Å². The van der Waals surface area contributed by atoms with Gasteiger partial charge in [-0.2, -0.15) is 0 Å². The highest BCUT2D eigenvalue weighted by Crippen LogP contribution is 2.43. The molecule has 1 aromatic carbocycles. The molecule has 1 N–H and O–H groups in total. The summed E-state index contributed by atoms with van der Waals surface area (Å²) in [7, 11) is 3.32. The van der Waals surface area contributed by atoms with Gasteiger partial charge in [0, 0.05) is 17.3 Å². The van der Waals surface area contributed by atoms with E-state index in [2.05, 4.69) is 39.9 Å². The van der Waals surface area contributed by atoms with Crippen molar-refractivity contribution >= 4 is 17.2 Å². The van der Waals surface area contributed by atoms with Crippen LogP contribution in [0.25, 0.3) is 0 Å². The zero-order valence-electron chi connectivity index (χ0n) is 15.9. The summed E-state index contributed by atoms with van der Waals surface area (Å²) in [5, 5.41) is 5.44. The van der Waals surface area contributed by atoms with Crippen molar-refractivity contribution in [3.63, 3.8) is 0 Å². The Kier molecular flexibility index (Phi) is 5.36. The highest BCUT2D eigenvalue weighted by Gasteiger charge is 2.36. The lowest BCUT2D eigenvalue weighted by atomic mass is 9.88. The molecule has 0 radical (unpaired) electrons. The molecule has 2 aliphatic rings. The van der Waals surface area contributed by atoms with Crippen LogP contribution in [0, 0.1) is 5.92 Å². The lowest BCUT2D eigenvalue weighted by molar-refractivity contribution is -0.138. The summed E-state index contributed by atoms with van der Waals surface area (Å²) in [6.07, 6.45) is 2.69. The van der Waals surface area contributed by atoms with Crippen LogP contribution in [0.3, 0.4) is 0 Å². The summed E-state index contributed by atoms with van der Waals surface area (Å²) in [6.45, 7) is 2.60. The normalized spacial score (nSPS) is 20.2. The zero-order chi connectivity index (χ0) is 18.8. The molecule has 1 fully saturated rings. The highest BCUT2D eigenvalue weighted by molar-refractivity contribution is 7.10. The van der Waals surface area contributed by atoms with Crippen LogP contribution >= 0.6 is 11.3 Å². The molecular weight excluding hydrogens is 360 g/mol. The Morgan fingerprint density at radius 3 is 2.59 bits per heavy atom. The topological polar surface area (TPSA) is 50.8 Å². The third-order valence-corrected chi connectivity index (χ3v) is 6.58. The lowest BCUT2D eigenvalue weighted by Gasteiger charge is -2.40. The molecule has 4 rings (SSSR count). The Hall–Kier alpha value is -2.05. The molecule has 1 saturated heterocycles. The molecule has 2 aliphatic heterocycles. The standard InChI is InChI=1S/C21H26N2O3S/c1-25-17-12-15-7-10-23(21(24)14-5-8-22-9-6-14)20(19-4-3-11-27-19)16(15)13-18(17)26-2/h3-4,11-14,20,22H,5-10H2,1-2H3. The van der Waals surface area contributed by atoms with Crippen molar-refractivity contribution in [2.75, 3.05) is 33.9 Å². The van der Waals surface area contributed by atoms with Gasteiger partial charge in [0.25, 0.3) is 0 Å². The van der Waals surface area contributed by atoms with Gasteiger partial charge in [-0.05, 0) is 67.1 Å². The van der Waals surface area contributed by atoms with Crippen LogP contribution in [0.5, 0.6) is 11.5 Å². The largest absolute Gasteiger partial charge is 0.493 e. The van der Waals surface area contributed by atoms with Gasteiger partial charge in [0.05, 0.1) is 20.3 Å². The summed E-state index contributed by atoms with van der Waals surface area (Å²) in [4.78, 5) is 16.7. The fraction of sp³-hybridized carbons (Fsp3) is 0.476. The minimum Gasteiger partial charge on any atom is -0.493 e. The maximum absolute atomic E-state index is 13.4. The van der Waals surface area contributed by atoms with Gasteiger partial charge in [0.15, 0.2) is 11.5 Å². The molecule has 0 bridgehead atoms. The van der Waals surface area contributed by atoms with Crippen LogP contribution < -0.4 is 14.8 Å². The van der Waals surface area contributed by atoms with E-state index in [4.69, 9.17) is 9.47 Å². The number of rotatable bonds is 4. The monoisotopic (exact) mass is 386 g/mol. The van der Waals surface area contributed by atoms with Gasteiger partial charge in [0.2, 0.25) is 5.91 Å². The molecule has 27 heavy (non-hydrogen) atoms. The number of piperidine rings is 1. The predicted octanol–water partition coefficient (Wildman–Crippen LogP) is 3.24. The summed E-state index contributed by atoms with van der Waals surface area (Å²) in [6, 6.07) is 8.27. The Labute approximate surface area is 164 Å². The van der Waals surface area contributed by atoms with Gasteiger partial charge < -0.3 is 19.7 Å². The number of amides is 1. The van der Waals surface area contributed by atoms with E-state index in [0.717, 1.165) is 50.2 Å². The molecule has 5 nitrogen and oxygen atoms in total. The van der Waals surface area contributed by atoms with Crippen molar-refractivity contribution in [1.29, 1.82) is 0 Å². The molecule has 0 aliphatic carbocycles. The van der Waals surface area contributed by atoms with Crippen molar-refractivity contribution in [3.05, 3.63) is 45.6 Å². The van der Waals surface area contributed by atoms with Gasteiger partial charge >= 0.3 is 0 Å². The number of hydrogen-bond donors (Lipinski definition) is 1. The first-order valence-corrected chi connectivity index (χ1v) is 10.4. The second kappa shape index (κ2) is 7.90. The Morgan fingerprint density at radius 2 is 1.93 bits per heavy atom. The quantitative estimate of drug-likeness (QED) is 0.877. The molecular formula is C21H26N2O3S. The maximum atomic E-state index is 13.4. The average molecular weight is 387 g/mol. The molecule has 0 spiro atoms. The fourth-order valence-corrected chi connectivity index (χ4v) is 5.09. The van der Waals surface area contributed by atoms with Crippen LogP contribution in [0.4, 0.5) is 0 Å². The fourth-order valence-electron chi connectivity index (χ4n) is 4.24. The van der Waals surface area contributed by atoms with E-state index in [-0.39, 0.29) is 17.9 Å². The van der Waals surface area contributed by atoms with E-state index in [9.17, 15) is 4.79 Å². The van der Waals surface area contributed by atoms with Gasteiger partial charge in [-0.3, -0.25) is 4.79 Å². The Morgan fingerprint density at radius 1 is 1.19 bits per heavy atom. The Balaban J connectivity index is 1.75. The van der Waals surface area contributed by atoms with Gasteiger partial charge in [-0.15, -0.1) is 11.3 Å². The number of fused-ring (bicyclic) bond motifs is 1. The smallest absolute Gasteiger partial charge is 0.226 e. The van der Waals surface area contributed by atoms with Crippen LogP contribution in [-0.4, -0.2) is 44.7 Å². The third kappa shape index (κ3) is 3.44. The average Bonchev–Trinajstić information content (AvgIpc) is 3.26.